The number of allylic oxidation sites excluding steroid dienone is 3. The van der Waals surface area contributed by atoms with E-state index >= 15 is 0 Å². The smallest absolute Gasteiger partial charge is 0.278 e. The Morgan fingerprint density at radius 3 is 2.49 bits per heavy atom. The lowest BCUT2D eigenvalue weighted by Gasteiger charge is -2.42. The summed E-state index contributed by atoms with van der Waals surface area (Å²) in [4.78, 5) is 38.2. The summed E-state index contributed by atoms with van der Waals surface area (Å²) in [5.41, 5.74) is 1.90. The Labute approximate surface area is 261 Å². The molecule has 0 radical (unpaired) electrons. The third-order valence-corrected chi connectivity index (χ3v) is 8.52. The molecule has 45 heavy (non-hydrogen) atoms. The number of hydrogen-bond donors (Lipinski definition) is 1. The number of benzene rings is 1. The Hall–Kier alpha value is -4.39. The largest absolute Gasteiger partial charge is 0.371 e. The number of anilines is 3. The fourth-order valence-electron chi connectivity index (χ4n) is 5.75. The first kappa shape index (κ1) is 32.0. The highest BCUT2D eigenvalue weighted by Gasteiger charge is 2.37. The summed E-state index contributed by atoms with van der Waals surface area (Å²) >= 11 is 0. The van der Waals surface area contributed by atoms with Crippen LogP contribution in [0.25, 0.3) is 11.0 Å². The number of alkyl halides is 2. The highest BCUT2D eigenvalue weighted by Crippen LogP contribution is 2.31. The number of aromatic nitrogens is 4. The first-order valence-electron chi connectivity index (χ1n) is 15.4. The maximum absolute atomic E-state index is 13.6. The van der Waals surface area contributed by atoms with Gasteiger partial charge in [0, 0.05) is 75.7 Å². The number of hydrazone groups is 1. The quantitative estimate of drug-likeness (QED) is 0.0883. The minimum absolute atomic E-state index is 0.0432. The average molecular weight is 622 g/mol. The van der Waals surface area contributed by atoms with Gasteiger partial charge < -0.3 is 10.2 Å². The topological polar surface area (TPSA) is 104 Å². The number of carbonyl (C=O) groups excluding carboxylic acids is 1. The lowest BCUT2D eigenvalue weighted by Crippen LogP contribution is -2.49. The fraction of sp³-hybridized carbons (Fsp3) is 0.469. The number of piperidine rings is 2. The van der Waals surface area contributed by atoms with Crippen LogP contribution < -0.4 is 15.8 Å². The maximum atomic E-state index is 13.6. The summed E-state index contributed by atoms with van der Waals surface area (Å²) < 4.78 is 30.2. The lowest BCUT2D eigenvalue weighted by molar-refractivity contribution is -0.104. The number of rotatable bonds is 10. The van der Waals surface area contributed by atoms with Crippen LogP contribution in [0.5, 0.6) is 0 Å². The van der Waals surface area contributed by atoms with E-state index in [4.69, 9.17) is 4.98 Å². The van der Waals surface area contributed by atoms with Crippen LogP contribution >= 0.6 is 0 Å². The van der Waals surface area contributed by atoms with E-state index in [1.807, 2.05) is 45.2 Å². The molecule has 1 aromatic carbocycles. The summed E-state index contributed by atoms with van der Waals surface area (Å²) in [5.74, 6) is -1.89. The van der Waals surface area contributed by atoms with Crippen molar-refractivity contribution in [1.82, 2.24) is 29.2 Å². The molecule has 0 unspecified atom stereocenters. The first-order valence-corrected chi connectivity index (χ1v) is 15.4. The standard InChI is InChI=1S/C32H41F2N9O2/c1-5-16-42-30(45)27-22-35-31(37-29(27)43(42)28(7-6-21-44)38-39(4)23(2)3)36-24-8-10-25(11-9-24)40-17-12-26(13-18-40)41-19-14-32(33,34)15-20-41/h5-11,21-23,26H,1,12-20H2,2-4H3,(H,35,36,37)/b7-6-,38-28+. The van der Waals surface area contributed by atoms with Gasteiger partial charge in [0.15, 0.2) is 11.5 Å². The molecule has 0 saturated carbocycles. The van der Waals surface area contributed by atoms with Crippen LogP contribution in [0.1, 0.15) is 39.5 Å². The van der Waals surface area contributed by atoms with Crippen molar-refractivity contribution in [3.63, 3.8) is 0 Å². The second kappa shape index (κ2) is 13.7. The van der Waals surface area contributed by atoms with Crippen LogP contribution in [0.3, 0.4) is 0 Å². The van der Waals surface area contributed by atoms with Gasteiger partial charge in [-0.15, -0.1) is 6.58 Å². The molecule has 2 aromatic heterocycles. The predicted molar refractivity (Wildman–Crippen MR) is 174 cm³/mol. The molecule has 0 bridgehead atoms. The number of nitrogens with one attached hydrogen (secondary N) is 1. The molecular weight excluding hydrogens is 580 g/mol. The van der Waals surface area contributed by atoms with Crippen molar-refractivity contribution in [3.8, 4) is 0 Å². The van der Waals surface area contributed by atoms with E-state index in [0.717, 1.165) is 37.3 Å². The number of hydrogen-bond acceptors (Lipinski definition) is 9. The number of halogens is 2. The van der Waals surface area contributed by atoms with Gasteiger partial charge in [0.1, 0.15) is 11.7 Å². The maximum Gasteiger partial charge on any atom is 0.278 e. The van der Waals surface area contributed by atoms with Gasteiger partial charge in [-0.2, -0.15) is 10.1 Å². The van der Waals surface area contributed by atoms with Crippen molar-refractivity contribution in [2.75, 3.05) is 43.4 Å². The number of aldehydes is 1. The van der Waals surface area contributed by atoms with Crippen LogP contribution in [0.15, 0.2) is 65.2 Å². The first-order chi connectivity index (χ1) is 21.6. The molecule has 240 valence electrons. The summed E-state index contributed by atoms with van der Waals surface area (Å²) in [6.45, 7) is 10.6. The zero-order valence-electron chi connectivity index (χ0n) is 26.1. The summed E-state index contributed by atoms with van der Waals surface area (Å²) in [6.07, 6.45) is 8.41. The van der Waals surface area contributed by atoms with Gasteiger partial charge in [0.05, 0.1) is 6.54 Å². The molecule has 4 heterocycles. The monoisotopic (exact) mass is 621 g/mol. The van der Waals surface area contributed by atoms with Crippen LogP contribution in [0.2, 0.25) is 0 Å². The SMILES string of the molecule is C=CCn1c(=O)c2cnc(Nc3ccc(N4CCC(N5CCC(F)(F)CC5)CC4)cc3)nc2n1C(/C=C\C=O)=N/N(C)C(C)C. The highest BCUT2D eigenvalue weighted by molar-refractivity contribution is 6.01. The van der Waals surface area contributed by atoms with Gasteiger partial charge >= 0.3 is 0 Å². The average Bonchev–Trinajstić information content (AvgIpc) is 3.30. The predicted octanol–water partition coefficient (Wildman–Crippen LogP) is 4.48. The Bertz CT molecular complexity index is 1610. The van der Waals surface area contributed by atoms with Crippen molar-refractivity contribution < 1.29 is 13.6 Å². The Morgan fingerprint density at radius 1 is 1.18 bits per heavy atom. The third kappa shape index (κ3) is 7.30. The van der Waals surface area contributed by atoms with Crippen molar-refractivity contribution in [3.05, 3.63) is 65.6 Å². The van der Waals surface area contributed by atoms with E-state index in [9.17, 15) is 18.4 Å². The van der Waals surface area contributed by atoms with Gasteiger partial charge in [-0.05, 0) is 63.1 Å². The van der Waals surface area contributed by atoms with Gasteiger partial charge in [-0.1, -0.05) is 6.08 Å². The van der Waals surface area contributed by atoms with E-state index in [2.05, 4.69) is 31.8 Å². The summed E-state index contributed by atoms with van der Waals surface area (Å²) in [7, 11) is 1.81. The van der Waals surface area contributed by atoms with Crippen LogP contribution in [0, 0.1) is 0 Å². The second-order valence-electron chi connectivity index (χ2n) is 11.8. The number of nitrogens with zero attached hydrogens (tertiary/aromatic N) is 8. The normalized spacial score (nSPS) is 18.2. The molecule has 0 spiro atoms. The van der Waals surface area contributed by atoms with Crippen LogP contribution in [-0.2, 0) is 11.3 Å². The van der Waals surface area contributed by atoms with Crippen LogP contribution in [0.4, 0.5) is 26.1 Å². The zero-order valence-corrected chi connectivity index (χ0v) is 26.1. The zero-order chi connectivity index (χ0) is 32.1. The lowest BCUT2D eigenvalue weighted by atomic mass is 9.98. The van der Waals surface area contributed by atoms with E-state index in [1.54, 1.807) is 15.8 Å². The molecule has 2 saturated heterocycles. The molecule has 0 atom stereocenters. The molecule has 2 aliphatic heterocycles. The van der Waals surface area contributed by atoms with Gasteiger partial charge in [-0.3, -0.25) is 19.5 Å². The van der Waals surface area contributed by atoms with Crippen molar-refractivity contribution >= 4 is 40.5 Å². The van der Waals surface area contributed by atoms with Gasteiger partial charge in [0.2, 0.25) is 5.95 Å². The Morgan fingerprint density at radius 2 is 1.87 bits per heavy atom. The van der Waals surface area contributed by atoms with Crippen molar-refractivity contribution in [2.45, 2.75) is 64.1 Å². The second-order valence-corrected chi connectivity index (χ2v) is 11.8. The molecule has 11 nitrogen and oxygen atoms in total. The molecule has 13 heteroatoms. The summed E-state index contributed by atoms with van der Waals surface area (Å²) in [5, 5.41) is 9.92. The molecule has 3 aromatic rings. The highest BCUT2D eigenvalue weighted by atomic mass is 19.3. The molecule has 1 N–H and O–H groups in total. The van der Waals surface area contributed by atoms with E-state index < -0.39 is 5.92 Å². The van der Waals surface area contributed by atoms with E-state index in [0.29, 0.717) is 48.2 Å². The van der Waals surface area contributed by atoms with Gasteiger partial charge in [0.25, 0.3) is 11.5 Å². The molecule has 0 amide bonds. The van der Waals surface area contributed by atoms with Gasteiger partial charge in [-0.25, -0.2) is 23.1 Å². The van der Waals surface area contributed by atoms with E-state index in [1.165, 1.54) is 23.0 Å². The minimum atomic E-state index is -2.52. The summed E-state index contributed by atoms with van der Waals surface area (Å²) in [6, 6.07) is 8.41. The Balaban J connectivity index is 1.34. The third-order valence-electron chi connectivity index (χ3n) is 8.52. The number of likely N-dealkylation sites (tertiary alicyclic amines) is 1. The Kier molecular flexibility index (Phi) is 9.76. The van der Waals surface area contributed by atoms with E-state index in [-0.39, 0.29) is 31.0 Å². The fourth-order valence-corrected chi connectivity index (χ4v) is 5.75. The van der Waals surface area contributed by atoms with Crippen LogP contribution in [-0.4, -0.2) is 92.6 Å². The van der Waals surface area contributed by atoms with Crippen molar-refractivity contribution in [1.29, 1.82) is 0 Å². The molecule has 5 rings (SSSR count). The number of carbonyl (C=O) groups is 1. The molecule has 0 aliphatic carbocycles. The molecule has 2 aliphatic rings. The van der Waals surface area contributed by atoms with Crippen molar-refractivity contribution in [2.24, 2.45) is 5.10 Å². The molecular formula is C32H41F2N9O2. The number of fused-ring (bicyclic) bond motifs is 1. The molecule has 2 fully saturated rings. The minimum Gasteiger partial charge on any atom is -0.371 e.